The van der Waals surface area contributed by atoms with E-state index >= 15 is 0 Å². The summed E-state index contributed by atoms with van der Waals surface area (Å²) in [6, 6.07) is 8.23. The van der Waals surface area contributed by atoms with E-state index in [0.717, 1.165) is 18.3 Å². The van der Waals surface area contributed by atoms with Crippen LogP contribution in [0.1, 0.15) is 37.3 Å². The van der Waals surface area contributed by atoms with Gasteiger partial charge in [0.15, 0.2) is 9.84 Å². The number of sulfone groups is 1. The Morgan fingerprint density at radius 2 is 2.00 bits per heavy atom. The average molecular weight is 382 g/mol. The zero-order valence-electron chi connectivity index (χ0n) is 14.6. The van der Waals surface area contributed by atoms with Gasteiger partial charge in [0.25, 0.3) is 0 Å². The highest BCUT2D eigenvalue weighted by Gasteiger charge is 2.39. The number of fused-ring (bicyclic) bond motifs is 1. The van der Waals surface area contributed by atoms with Crippen LogP contribution >= 0.6 is 11.8 Å². The summed E-state index contributed by atoms with van der Waals surface area (Å²) < 4.78 is 23.2. The molecule has 0 amide bonds. The van der Waals surface area contributed by atoms with Crippen molar-refractivity contribution in [2.24, 2.45) is 0 Å². The van der Waals surface area contributed by atoms with Crippen LogP contribution in [-0.4, -0.2) is 56.0 Å². The number of rotatable bonds is 4. The van der Waals surface area contributed by atoms with Gasteiger partial charge in [-0.2, -0.15) is 11.8 Å². The third-order valence-corrected chi connectivity index (χ3v) is 8.18. The van der Waals surface area contributed by atoms with Crippen molar-refractivity contribution in [1.82, 2.24) is 15.5 Å². The molecule has 3 heterocycles. The number of thioether (sulfide) groups is 1. The second-order valence-electron chi connectivity index (χ2n) is 7.45. The lowest BCUT2D eigenvalue weighted by molar-refractivity contribution is 0.179. The summed E-state index contributed by atoms with van der Waals surface area (Å²) in [5, 5.41) is 8.17. The van der Waals surface area contributed by atoms with Crippen LogP contribution < -0.4 is 10.6 Å². The molecule has 2 N–H and O–H groups in total. The minimum atomic E-state index is -3.12. The molecule has 0 saturated carbocycles. The van der Waals surface area contributed by atoms with Gasteiger partial charge in [-0.25, -0.2) is 8.42 Å². The van der Waals surface area contributed by atoms with Crippen LogP contribution in [0.15, 0.2) is 29.2 Å². The second-order valence-corrected chi connectivity index (χ2v) is 10.9. The predicted octanol–water partition coefficient (Wildman–Crippen LogP) is 1.97. The Bertz CT molecular complexity index is 702. The van der Waals surface area contributed by atoms with E-state index < -0.39 is 9.84 Å². The largest absolute Gasteiger partial charge is 0.294 e. The first-order valence-corrected chi connectivity index (χ1v) is 12.1. The molecule has 4 unspecified atom stereocenters. The first-order valence-electron chi connectivity index (χ1n) is 9.16. The van der Waals surface area contributed by atoms with Crippen LogP contribution in [0.3, 0.4) is 0 Å². The van der Waals surface area contributed by atoms with E-state index in [1.165, 1.54) is 43.4 Å². The Labute approximate surface area is 154 Å². The number of nitrogens with zero attached hydrogens (tertiary/aromatic N) is 1. The molecule has 0 bridgehead atoms. The number of piperidine rings is 1. The van der Waals surface area contributed by atoms with Gasteiger partial charge in [0, 0.05) is 36.8 Å². The zero-order valence-corrected chi connectivity index (χ0v) is 16.3. The van der Waals surface area contributed by atoms with Crippen LogP contribution in [0.5, 0.6) is 0 Å². The van der Waals surface area contributed by atoms with Crippen molar-refractivity contribution in [2.45, 2.75) is 54.1 Å². The van der Waals surface area contributed by atoms with E-state index in [4.69, 9.17) is 0 Å². The van der Waals surface area contributed by atoms with Crippen LogP contribution in [-0.2, 0) is 9.84 Å². The van der Waals surface area contributed by atoms with Crippen molar-refractivity contribution in [1.29, 1.82) is 0 Å². The van der Waals surface area contributed by atoms with Crippen LogP contribution in [0.4, 0.5) is 0 Å². The summed E-state index contributed by atoms with van der Waals surface area (Å²) in [6.07, 6.45) is 6.59. The number of hydrogen-bond donors (Lipinski definition) is 2. The molecule has 0 aromatic heterocycles. The molecule has 0 spiro atoms. The van der Waals surface area contributed by atoms with Gasteiger partial charge in [-0.1, -0.05) is 12.1 Å². The second kappa shape index (κ2) is 7.19. The van der Waals surface area contributed by atoms with E-state index in [1.807, 2.05) is 12.1 Å². The summed E-state index contributed by atoms with van der Waals surface area (Å²) in [6.45, 7) is 2.17. The molecule has 0 aliphatic carbocycles. The number of nitrogens with one attached hydrogen (secondary N) is 2. The fourth-order valence-electron chi connectivity index (χ4n) is 4.30. The summed E-state index contributed by atoms with van der Waals surface area (Å²) in [4.78, 5) is 3.01. The smallest absolute Gasteiger partial charge is 0.175 e. The van der Waals surface area contributed by atoms with E-state index in [9.17, 15) is 8.42 Å². The third-order valence-electron chi connectivity index (χ3n) is 5.67. The maximum absolute atomic E-state index is 11.6. The van der Waals surface area contributed by atoms with E-state index in [0.29, 0.717) is 23.1 Å². The molecule has 1 aromatic carbocycles. The molecule has 1 aromatic rings. The fraction of sp³-hybridized carbons (Fsp3) is 0.667. The molecule has 3 aliphatic heterocycles. The van der Waals surface area contributed by atoms with Gasteiger partial charge in [0.1, 0.15) is 0 Å². The molecule has 25 heavy (non-hydrogen) atoms. The van der Waals surface area contributed by atoms with E-state index in [1.54, 1.807) is 12.1 Å². The quantitative estimate of drug-likeness (QED) is 0.832. The van der Waals surface area contributed by atoms with Gasteiger partial charge in [-0.3, -0.25) is 15.5 Å². The van der Waals surface area contributed by atoms with Gasteiger partial charge in [-0.15, -0.1) is 0 Å². The van der Waals surface area contributed by atoms with Gasteiger partial charge < -0.3 is 0 Å². The predicted molar refractivity (Wildman–Crippen MR) is 102 cm³/mol. The molecule has 3 fully saturated rings. The van der Waals surface area contributed by atoms with Crippen molar-refractivity contribution in [3.63, 3.8) is 0 Å². The Morgan fingerprint density at radius 1 is 1.20 bits per heavy atom. The summed E-state index contributed by atoms with van der Waals surface area (Å²) >= 11 is 2.13. The molecule has 138 valence electrons. The molecule has 3 aliphatic rings. The molecule has 7 heteroatoms. The topological polar surface area (TPSA) is 61.4 Å². The highest BCUT2D eigenvalue weighted by molar-refractivity contribution is 8.00. The summed E-state index contributed by atoms with van der Waals surface area (Å²) in [5.74, 6) is 1.32. The van der Waals surface area contributed by atoms with Gasteiger partial charge in [0.05, 0.1) is 11.1 Å². The standard InChI is InChI=1S/C18H27N3O2S2/c1-25(22,23)15-6-4-13(5-7-15)16-8-9-17-18(20-16)19-12-21(17)11-14-3-2-10-24-14/h4-7,14,16-20H,2-3,8-12H2,1H3. The first-order chi connectivity index (χ1) is 12.0. The lowest BCUT2D eigenvalue weighted by Crippen LogP contribution is -2.52. The summed E-state index contributed by atoms with van der Waals surface area (Å²) in [7, 11) is -3.12. The molecular formula is C18H27N3O2S2. The fourth-order valence-corrected chi connectivity index (χ4v) is 6.22. The summed E-state index contributed by atoms with van der Waals surface area (Å²) in [5.41, 5.74) is 1.18. The average Bonchev–Trinajstić information content (AvgIpc) is 3.24. The van der Waals surface area contributed by atoms with Crippen molar-refractivity contribution in [3.8, 4) is 0 Å². The highest BCUT2D eigenvalue weighted by Crippen LogP contribution is 2.33. The molecule has 5 nitrogen and oxygen atoms in total. The number of benzene rings is 1. The maximum atomic E-state index is 11.6. The lowest BCUT2D eigenvalue weighted by atomic mass is 9.93. The van der Waals surface area contributed by atoms with Crippen molar-refractivity contribution >= 4 is 21.6 Å². The lowest BCUT2D eigenvalue weighted by Gasteiger charge is -2.37. The van der Waals surface area contributed by atoms with Crippen LogP contribution in [0, 0.1) is 0 Å². The molecular weight excluding hydrogens is 354 g/mol. The highest BCUT2D eigenvalue weighted by atomic mass is 32.2. The van der Waals surface area contributed by atoms with Crippen molar-refractivity contribution in [2.75, 3.05) is 25.2 Å². The maximum Gasteiger partial charge on any atom is 0.175 e. The monoisotopic (exact) mass is 381 g/mol. The van der Waals surface area contributed by atoms with Crippen LogP contribution in [0.25, 0.3) is 0 Å². The number of hydrogen-bond acceptors (Lipinski definition) is 6. The van der Waals surface area contributed by atoms with Gasteiger partial charge in [0.2, 0.25) is 0 Å². The van der Waals surface area contributed by atoms with E-state index in [-0.39, 0.29) is 0 Å². The van der Waals surface area contributed by atoms with Crippen molar-refractivity contribution < 1.29 is 8.42 Å². The molecule has 4 rings (SSSR count). The van der Waals surface area contributed by atoms with Gasteiger partial charge in [-0.05, 0) is 49.1 Å². The zero-order chi connectivity index (χ0) is 17.4. The molecule has 3 saturated heterocycles. The van der Waals surface area contributed by atoms with E-state index in [2.05, 4.69) is 27.3 Å². The SMILES string of the molecule is CS(=O)(=O)c1ccc(C2CCC3C(NCN3CC3CCCS3)N2)cc1. The minimum Gasteiger partial charge on any atom is -0.294 e. The van der Waals surface area contributed by atoms with Gasteiger partial charge >= 0.3 is 0 Å². The van der Waals surface area contributed by atoms with Crippen LogP contribution in [0.2, 0.25) is 0 Å². The molecule has 0 radical (unpaired) electrons. The minimum absolute atomic E-state index is 0.295. The molecule has 4 atom stereocenters. The Kier molecular flexibility index (Phi) is 5.12. The Hall–Kier alpha value is -0.600. The Balaban J connectivity index is 1.38. The Morgan fingerprint density at radius 3 is 2.68 bits per heavy atom. The first kappa shape index (κ1) is 17.8. The van der Waals surface area contributed by atoms with Crippen molar-refractivity contribution in [3.05, 3.63) is 29.8 Å². The normalized spacial score (nSPS) is 33.5. The third kappa shape index (κ3) is 3.90.